The smallest absolute Gasteiger partial charge is 0.230 e. The van der Waals surface area contributed by atoms with E-state index in [-0.39, 0.29) is 18.2 Å². The van der Waals surface area contributed by atoms with Gasteiger partial charge in [-0.25, -0.2) is 9.97 Å². The molecule has 29 heavy (non-hydrogen) atoms. The summed E-state index contributed by atoms with van der Waals surface area (Å²) in [6, 6.07) is 5.92. The van der Waals surface area contributed by atoms with Crippen LogP contribution in [0.15, 0.2) is 27.9 Å². The van der Waals surface area contributed by atoms with Crippen LogP contribution in [0.4, 0.5) is 10.8 Å². The minimum atomic E-state index is -0.354. The molecule has 2 aromatic heterocycles. The lowest BCUT2D eigenvalue weighted by atomic mass is 10.1. The molecule has 3 rings (SSSR count). The summed E-state index contributed by atoms with van der Waals surface area (Å²) in [5.74, 6) is 0.213. The second kappa shape index (κ2) is 9.06. The van der Waals surface area contributed by atoms with Crippen LogP contribution in [0.2, 0.25) is 0 Å². The van der Waals surface area contributed by atoms with E-state index in [1.165, 1.54) is 22.7 Å². The zero-order valence-electron chi connectivity index (χ0n) is 16.7. The number of carbonyl (C=O) groups is 2. The molecule has 0 saturated heterocycles. The molecule has 0 bridgehead atoms. The van der Waals surface area contributed by atoms with E-state index in [0.29, 0.717) is 10.9 Å². The maximum atomic E-state index is 12.4. The van der Waals surface area contributed by atoms with E-state index in [1.807, 2.05) is 44.4 Å². The van der Waals surface area contributed by atoms with Crippen LogP contribution in [-0.2, 0) is 21.8 Å². The topological polar surface area (TPSA) is 89.2 Å². The van der Waals surface area contributed by atoms with Gasteiger partial charge in [0.25, 0.3) is 0 Å². The summed E-state index contributed by atoms with van der Waals surface area (Å²) in [5, 5.41) is 2.63. The van der Waals surface area contributed by atoms with Gasteiger partial charge in [0, 0.05) is 22.9 Å². The van der Waals surface area contributed by atoms with Gasteiger partial charge in [-0.1, -0.05) is 23.9 Å². The van der Waals surface area contributed by atoms with E-state index in [0.717, 1.165) is 37.4 Å². The normalized spacial score (nSPS) is 10.9. The number of thioether (sulfide) groups is 1. The molecule has 2 amide bonds. The average molecular weight is 447 g/mol. The van der Waals surface area contributed by atoms with Gasteiger partial charge in [0.05, 0.1) is 23.5 Å². The zero-order chi connectivity index (χ0) is 21.1. The van der Waals surface area contributed by atoms with Crippen molar-refractivity contribution in [2.75, 3.05) is 4.90 Å². The molecule has 9 heteroatoms. The SMILES string of the molecule is CC(=O)N(c1nc(CSc2nc(C)c(CC(N)=O)s2)cs1)c1cccc(C)c1C. The van der Waals surface area contributed by atoms with E-state index in [9.17, 15) is 9.59 Å². The number of thiazole rings is 2. The van der Waals surface area contributed by atoms with Crippen molar-refractivity contribution in [2.45, 2.75) is 44.2 Å². The summed E-state index contributed by atoms with van der Waals surface area (Å²) in [6.45, 7) is 7.48. The fourth-order valence-electron chi connectivity index (χ4n) is 2.77. The van der Waals surface area contributed by atoms with Gasteiger partial charge in [-0.3, -0.25) is 14.5 Å². The highest BCUT2D eigenvalue weighted by molar-refractivity contribution is 8.00. The van der Waals surface area contributed by atoms with Crippen molar-refractivity contribution in [1.82, 2.24) is 9.97 Å². The monoisotopic (exact) mass is 446 g/mol. The average Bonchev–Trinajstić information content (AvgIpc) is 3.23. The molecule has 0 aliphatic carbocycles. The van der Waals surface area contributed by atoms with E-state index < -0.39 is 0 Å². The minimum absolute atomic E-state index is 0.0705. The molecular formula is C20H22N4O2S3. The quantitative estimate of drug-likeness (QED) is 0.539. The molecule has 0 saturated carbocycles. The third kappa shape index (κ3) is 5.04. The fraction of sp³-hybridized carbons (Fsp3) is 0.300. The Morgan fingerprint density at radius 2 is 1.97 bits per heavy atom. The Balaban J connectivity index is 1.76. The molecule has 3 aromatic rings. The molecule has 1 aromatic carbocycles. The van der Waals surface area contributed by atoms with Gasteiger partial charge in [0.2, 0.25) is 11.8 Å². The Hall–Kier alpha value is -2.23. The number of aryl methyl sites for hydroxylation is 2. The number of hydrogen-bond acceptors (Lipinski definition) is 7. The minimum Gasteiger partial charge on any atom is -0.369 e. The van der Waals surface area contributed by atoms with Crippen molar-refractivity contribution in [3.05, 3.63) is 51.0 Å². The van der Waals surface area contributed by atoms with Crippen LogP contribution in [0.1, 0.15) is 34.3 Å². The molecule has 0 radical (unpaired) electrons. The van der Waals surface area contributed by atoms with Gasteiger partial charge in [0.15, 0.2) is 9.47 Å². The van der Waals surface area contributed by atoms with Crippen LogP contribution < -0.4 is 10.6 Å². The standard InChI is InChI=1S/C20H22N4O2S3/c1-11-6-5-7-16(12(11)2)24(14(4)25)19-23-15(9-27-19)10-28-20-22-13(3)17(29-20)8-18(21)26/h5-7,9H,8,10H2,1-4H3,(H2,21,26). The maximum absolute atomic E-state index is 12.4. The van der Waals surface area contributed by atoms with Crippen molar-refractivity contribution in [1.29, 1.82) is 0 Å². The third-order valence-corrected chi connectivity index (χ3v) is 7.62. The van der Waals surface area contributed by atoms with Crippen molar-refractivity contribution in [2.24, 2.45) is 5.73 Å². The van der Waals surface area contributed by atoms with Crippen molar-refractivity contribution < 1.29 is 9.59 Å². The lowest BCUT2D eigenvalue weighted by Crippen LogP contribution is -2.23. The number of amides is 2. The predicted octanol–water partition coefficient (Wildman–Crippen LogP) is 4.53. The molecule has 2 N–H and O–H groups in total. The number of rotatable bonds is 7. The third-order valence-electron chi connectivity index (χ3n) is 4.41. The Morgan fingerprint density at radius 3 is 2.66 bits per heavy atom. The Bertz CT molecular complexity index is 1060. The highest BCUT2D eigenvalue weighted by atomic mass is 32.2. The number of nitrogens with two attached hydrogens (primary N) is 1. The summed E-state index contributed by atoms with van der Waals surface area (Å²) < 4.78 is 0.881. The zero-order valence-corrected chi connectivity index (χ0v) is 19.1. The molecule has 6 nitrogen and oxygen atoms in total. The molecule has 152 valence electrons. The number of aromatic nitrogens is 2. The number of anilines is 2. The largest absolute Gasteiger partial charge is 0.369 e. The van der Waals surface area contributed by atoms with Gasteiger partial charge in [0.1, 0.15) is 0 Å². The van der Waals surface area contributed by atoms with E-state index >= 15 is 0 Å². The second-order valence-corrected chi connectivity index (χ2v) is 9.76. The Labute approximate surface area is 182 Å². The van der Waals surface area contributed by atoms with Gasteiger partial charge in [-0.2, -0.15) is 0 Å². The first-order chi connectivity index (χ1) is 13.8. The van der Waals surface area contributed by atoms with Gasteiger partial charge < -0.3 is 5.73 Å². The number of nitrogens with zero attached hydrogens (tertiary/aromatic N) is 3. The first kappa shape index (κ1) is 21.5. The maximum Gasteiger partial charge on any atom is 0.230 e. The lowest BCUT2D eigenvalue weighted by molar-refractivity contribution is -0.117. The summed E-state index contributed by atoms with van der Waals surface area (Å²) in [7, 11) is 0. The molecule has 0 fully saturated rings. The van der Waals surface area contributed by atoms with Crippen molar-refractivity contribution in [3.63, 3.8) is 0 Å². The highest BCUT2D eigenvalue weighted by Crippen LogP contribution is 2.35. The number of hydrogen-bond donors (Lipinski definition) is 1. The van der Waals surface area contributed by atoms with Crippen LogP contribution in [0.25, 0.3) is 0 Å². The Kier molecular flexibility index (Phi) is 6.71. The van der Waals surface area contributed by atoms with E-state index in [2.05, 4.69) is 9.97 Å². The molecule has 0 aliphatic heterocycles. The summed E-state index contributed by atoms with van der Waals surface area (Å²) in [6.07, 6.45) is 0.217. The van der Waals surface area contributed by atoms with Gasteiger partial charge in [-0.15, -0.1) is 22.7 Å². The Morgan fingerprint density at radius 1 is 1.21 bits per heavy atom. The lowest BCUT2D eigenvalue weighted by Gasteiger charge is -2.21. The van der Waals surface area contributed by atoms with Crippen LogP contribution in [0.3, 0.4) is 0 Å². The second-order valence-electron chi connectivity index (χ2n) is 6.62. The van der Waals surface area contributed by atoms with E-state index in [4.69, 9.17) is 5.73 Å². The van der Waals surface area contributed by atoms with Crippen molar-refractivity contribution >= 4 is 57.1 Å². The number of benzene rings is 1. The van der Waals surface area contributed by atoms with Crippen LogP contribution in [0.5, 0.6) is 0 Å². The molecule has 0 atom stereocenters. The van der Waals surface area contributed by atoms with Gasteiger partial charge >= 0.3 is 0 Å². The molecular weight excluding hydrogens is 424 g/mol. The molecule has 0 spiro atoms. The number of primary amides is 1. The number of carbonyl (C=O) groups excluding carboxylic acids is 2. The summed E-state index contributed by atoms with van der Waals surface area (Å²) in [4.78, 5) is 35.3. The van der Waals surface area contributed by atoms with Crippen LogP contribution >= 0.6 is 34.4 Å². The van der Waals surface area contributed by atoms with Crippen molar-refractivity contribution in [3.8, 4) is 0 Å². The van der Waals surface area contributed by atoms with Crippen LogP contribution in [-0.4, -0.2) is 21.8 Å². The van der Waals surface area contributed by atoms with Gasteiger partial charge in [-0.05, 0) is 38.0 Å². The summed E-state index contributed by atoms with van der Waals surface area (Å²) in [5.41, 5.74) is 10.1. The summed E-state index contributed by atoms with van der Waals surface area (Å²) >= 11 is 4.50. The fourth-order valence-corrected chi connectivity index (χ4v) is 5.89. The highest BCUT2D eigenvalue weighted by Gasteiger charge is 2.20. The first-order valence-electron chi connectivity index (χ1n) is 8.95. The molecule has 2 heterocycles. The van der Waals surface area contributed by atoms with E-state index in [1.54, 1.807) is 23.6 Å². The molecule has 0 aliphatic rings. The van der Waals surface area contributed by atoms with Crippen LogP contribution in [0, 0.1) is 20.8 Å². The first-order valence-corrected chi connectivity index (χ1v) is 11.6. The molecule has 0 unspecified atom stereocenters. The predicted molar refractivity (Wildman–Crippen MR) is 120 cm³/mol.